The van der Waals surface area contributed by atoms with Crippen LogP contribution in [0.3, 0.4) is 0 Å². The normalized spacial score (nSPS) is 16.9. The molecule has 0 aliphatic carbocycles. The van der Waals surface area contributed by atoms with E-state index < -0.39 is 15.9 Å². The van der Waals surface area contributed by atoms with Gasteiger partial charge in [0.2, 0.25) is 15.9 Å². The fourth-order valence-electron chi connectivity index (χ4n) is 5.11. The van der Waals surface area contributed by atoms with Crippen LogP contribution in [-0.4, -0.2) is 42.9 Å². The molecular weight excluding hydrogens is 474 g/mol. The van der Waals surface area contributed by atoms with Crippen molar-refractivity contribution in [2.45, 2.75) is 38.1 Å². The number of piperidine rings is 1. The van der Waals surface area contributed by atoms with E-state index in [2.05, 4.69) is 28.9 Å². The fraction of sp³-hybridized carbons (Fsp3) is 0.321. The topological polar surface area (TPSA) is 80.6 Å². The molecule has 36 heavy (non-hydrogen) atoms. The highest BCUT2D eigenvalue weighted by atomic mass is 32.2. The van der Waals surface area contributed by atoms with Gasteiger partial charge in [-0.15, -0.1) is 0 Å². The first-order chi connectivity index (χ1) is 17.4. The molecule has 0 bridgehead atoms. The number of anilines is 1. The number of amides is 1. The number of hydrogen-bond donors (Lipinski definition) is 1. The predicted octanol–water partition coefficient (Wildman–Crippen LogP) is 5.25. The number of carbonyl (C=O) groups excluding carboxylic acids is 1. The summed E-state index contributed by atoms with van der Waals surface area (Å²) < 4.78 is 35.6. The number of para-hydroxylation sites is 1. The summed E-state index contributed by atoms with van der Waals surface area (Å²) in [4.78, 5) is 13.4. The van der Waals surface area contributed by atoms with Crippen molar-refractivity contribution in [1.29, 1.82) is 0 Å². The van der Waals surface area contributed by atoms with E-state index in [1.165, 1.54) is 9.82 Å². The summed E-state index contributed by atoms with van der Waals surface area (Å²) in [5.74, 6) is 0.0652. The summed E-state index contributed by atoms with van der Waals surface area (Å²) in [6, 6.07) is 20.7. The van der Waals surface area contributed by atoms with Gasteiger partial charge < -0.3 is 14.6 Å². The minimum absolute atomic E-state index is 0.153. The Hall–Kier alpha value is -3.36. The monoisotopic (exact) mass is 505 g/mol. The van der Waals surface area contributed by atoms with E-state index in [0.29, 0.717) is 31.7 Å². The molecule has 3 aromatic carbocycles. The first kappa shape index (κ1) is 24.3. The van der Waals surface area contributed by atoms with Crippen LogP contribution in [0.4, 0.5) is 5.69 Å². The Bertz CT molecular complexity index is 1510. The number of nitrogens with one attached hydrogen (secondary N) is 1. The zero-order chi connectivity index (χ0) is 25.3. The third-order valence-corrected chi connectivity index (χ3v) is 8.76. The molecule has 1 saturated heterocycles. The zero-order valence-corrected chi connectivity index (χ0v) is 21.4. The summed E-state index contributed by atoms with van der Waals surface area (Å²) in [7, 11) is -3.69. The first-order valence-electron chi connectivity index (χ1n) is 12.5. The Morgan fingerprint density at radius 2 is 1.75 bits per heavy atom. The molecule has 0 unspecified atom stereocenters. The van der Waals surface area contributed by atoms with E-state index in [0.717, 1.165) is 28.5 Å². The molecule has 1 N–H and O–H groups in total. The van der Waals surface area contributed by atoms with Crippen molar-refractivity contribution in [3.8, 4) is 5.75 Å². The first-order valence-corrected chi connectivity index (χ1v) is 13.9. The van der Waals surface area contributed by atoms with Gasteiger partial charge in [-0.25, -0.2) is 8.42 Å². The highest BCUT2D eigenvalue weighted by Gasteiger charge is 2.33. The summed E-state index contributed by atoms with van der Waals surface area (Å²) in [5, 5.41) is 5.28. The summed E-state index contributed by atoms with van der Waals surface area (Å²) in [5.41, 5.74) is 3.01. The van der Waals surface area contributed by atoms with Crippen molar-refractivity contribution in [2.24, 2.45) is 5.92 Å². The van der Waals surface area contributed by atoms with Crippen LogP contribution in [-0.2, 0) is 21.4 Å². The zero-order valence-electron chi connectivity index (χ0n) is 20.6. The molecule has 0 radical (unpaired) electrons. The second-order valence-corrected chi connectivity index (χ2v) is 11.0. The number of aromatic nitrogens is 1. The van der Waals surface area contributed by atoms with E-state index in [1.807, 2.05) is 37.3 Å². The van der Waals surface area contributed by atoms with E-state index in [9.17, 15) is 13.2 Å². The third kappa shape index (κ3) is 4.47. The average Bonchev–Trinajstić information content (AvgIpc) is 3.22. The van der Waals surface area contributed by atoms with Crippen LogP contribution in [0.2, 0.25) is 0 Å². The van der Waals surface area contributed by atoms with Crippen LogP contribution < -0.4 is 10.1 Å². The number of ether oxygens (including phenoxy) is 1. The SMILES string of the molecule is CCOc1ccc(S(=O)(=O)N2CCC[C@H](C(=O)Nc3ccc4c(c3)c3ccccc3n4CC)C2)cc1. The predicted molar refractivity (Wildman–Crippen MR) is 143 cm³/mol. The van der Waals surface area contributed by atoms with E-state index in [-0.39, 0.29) is 17.3 Å². The van der Waals surface area contributed by atoms with Crippen LogP contribution in [0.1, 0.15) is 26.7 Å². The van der Waals surface area contributed by atoms with Gasteiger partial charge in [-0.1, -0.05) is 18.2 Å². The smallest absolute Gasteiger partial charge is 0.243 e. The third-order valence-electron chi connectivity index (χ3n) is 6.88. The van der Waals surface area contributed by atoms with Crippen LogP contribution in [0.25, 0.3) is 21.8 Å². The van der Waals surface area contributed by atoms with Gasteiger partial charge in [-0.2, -0.15) is 4.31 Å². The van der Waals surface area contributed by atoms with Crippen LogP contribution in [0.15, 0.2) is 71.6 Å². The lowest BCUT2D eigenvalue weighted by Crippen LogP contribution is -2.43. The number of sulfonamides is 1. The van der Waals surface area contributed by atoms with Gasteiger partial charge in [-0.3, -0.25) is 4.79 Å². The fourth-order valence-corrected chi connectivity index (χ4v) is 6.64. The van der Waals surface area contributed by atoms with Crippen LogP contribution in [0, 0.1) is 5.92 Å². The molecule has 1 fully saturated rings. The highest BCUT2D eigenvalue weighted by Crippen LogP contribution is 2.32. The average molecular weight is 506 g/mol. The lowest BCUT2D eigenvalue weighted by atomic mass is 9.98. The number of carbonyl (C=O) groups is 1. The molecule has 0 saturated carbocycles. The Morgan fingerprint density at radius 1 is 1.00 bits per heavy atom. The van der Waals surface area contributed by atoms with Gasteiger partial charge in [-0.05, 0) is 75.2 Å². The molecule has 2 heterocycles. The molecule has 5 rings (SSSR count). The lowest BCUT2D eigenvalue weighted by molar-refractivity contribution is -0.120. The highest BCUT2D eigenvalue weighted by molar-refractivity contribution is 7.89. The molecular formula is C28H31N3O4S. The van der Waals surface area contributed by atoms with Crippen LogP contribution in [0.5, 0.6) is 5.75 Å². The summed E-state index contributed by atoms with van der Waals surface area (Å²) in [6.45, 7) is 5.95. The van der Waals surface area contributed by atoms with Crippen molar-refractivity contribution in [2.75, 3.05) is 25.0 Å². The number of fused-ring (bicyclic) bond motifs is 3. The maximum absolute atomic E-state index is 13.2. The van der Waals surface area contributed by atoms with Crippen molar-refractivity contribution in [3.05, 3.63) is 66.7 Å². The lowest BCUT2D eigenvalue weighted by Gasteiger charge is -2.31. The molecule has 7 nitrogen and oxygen atoms in total. The van der Waals surface area contributed by atoms with Gasteiger partial charge in [0.15, 0.2) is 0 Å². The van der Waals surface area contributed by atoms with Crippen molar-refractivity contribution < 1.29 is 17.9 Å². The van der Waals surface area contributed by atoms with Gasteiger partial charge >= 0.3 is 0 Å². The molecule has 1 aliphatic heterocycles. The van der Waals surface area contributed by atoms with Gasteiger partial charge in [0.05, 0.1) is 17.4 Å². The van der Waals surface area contributed by atoms with Crippen molar-refractivity contribution >= 4 is 43.4 Å². The number of hydrogen-bond acceptors (Lipinski definition) is 4. The number of nitrogens with zero attached hydrogens (tertiary/aromatic N) is 2. The van der Waals surface area contributed by atoms with Gasteiger partial charge in [0.25, 0.3) is 0 Å². The standard InChI is InChI=1S/C28H31N3O4S/c1-3-31-26-10-6-5-9-24(26)25-18-21(11-16-27(25)31)29-28(32)20-8-7-17-30(19-20)36(33,34)23-14-12-22(13-15-23)35-4-2/h5-6,9-16,18,20H,3-4,7-8,17,19H2,1-2H3,(H,29,32)/t20-/m0/s1. The second-order valence-electron chi connectivity index (χ2n) is 9.09. The molecule has 1 amide bonds. The Kier molecular flexibility index (Phi) is 6.73. The Labute approximate surface area is 211 Å². The van der Waals surface area contributed by atoms with Crippen molar-refractivity contribution in [3.63, 3.8) is 0 Å². The molecule has 188 valence electrons. The molecule has 1 aromatic heterocycles. The number of aryl methyl sites for hydroxylation is 1. The van der Waals surface area contributed by atoms with Crippen LogP contribution >= 0.6 is 0 Å². The van der Waals surface area contributed by atoms with Gasteiger partial charge in [0.1, 0.15) is 5.75 Å². The Morgan fingerprint density at radius 3 is 2.50 bits per heavy atom. The minimum atomic E-state index is -3.69. The number of rotatable bonds is 7. The van der Waals surface area contributed by atoms with E-state index in [1.54, 1.807) is 24.3 Å². The largest absolute Gasteiger partial charge is 0.494 e. The molecule has 1 aliphatic rings. The maximum atomic E-state index is 13.2. The summed E-state index contributed by atoms with van der Waals surface area (Å²) in [6.07, 6.45) is 1.29. The minimum Gasteiger partial charge on any atom is -0.494 e. The van der Waals surface area contributed by atoms with Crippen molar-refractivity contribution in [1.82, 2.24) is 8.87 Å². The second kappa shape index (κ2) is 9.95. The molecule has 0 spiro atoms. The number of benzene rings is 3. The van der Waals surface area contributed by atoms with Gasteiger partial charge in [0, 0.05) is 47.1 Å². The maximum Gasteiger partial charge on any atom is 0.243 e. The molecule has 4 aromatic rings. The molecule has 1 atom stereocenters. The molecule has 8 heteroatoms. The van der Waals surface area contributed by atoms with E-state index in [4.69, 9.17) is 4.74 Å². The Balaban J connectivity index is 1.34. The van der Waals surface area contributed by atoms with E-state index >= 15 is 0 Å². The quantitative estimate of drug-likeness (QED) is 0.372. The summed E-state index contributed by atoms with van der Waals surface area (Å²) >= 11 is 0.